The molecule has 1 aromatic carbocycles. The van der Waals surface area contributed by atoms with Crippen molar-refractivity contribution < 1.29 is 0 Å². The number of aryl methyl sites for hydroxylation is 1. The van der Waals surface area contributed by atoms with Gasteiger partial charge in [0.25, 0.3) is 0 Å². The van der Waals surface area contributed by atoms with Crippen molar-refractivity contribution in [2.45, 2.75) is 5.88 Å². The van der Waals surface area contributed by atoms with Gasteiger partial charge in [0.1, 0.15) is 5.82 Å². The van der Waals surface area contributed by atoms with Crippen LogP contribution in [0.15, 0.2) is 30.6 Å². The molecule has 2 heterocycles. The van der Waals surface area contributed by atoms with Gasteiger partial charge < -0.3 is 0 Å². The minimum absolute atomic E-state index is 0.335. The van der Waals surface area contributed by atoms with Crippen LogP contribution in [0.4, 0.5) is 0 Å². The molecule has 18 heavy (non-hydrogen) atoms. The van der Waals surface area contributed by atoms with E-state index in [1.165, 1.54) is 0 Å². The zero-order chi connectivity index (χ0) is 12.7. The molecule has 92 valence electrons. The molecule has 0 spiro atoms. The van der Waals surface area contributed by atoms with Gasteiger partial charge in [-0.3, -0.25) is 9.25 Å². The summed E-state index contributed by atoms with van der Waals surface area (Å²) in [6.45, 7) is 0. The summed E-state index contributed by atoms with van der Waals surface area (Å²) in [4.78, 5) is 4.49. The highest BCUT2D eigenvalue weighted by Gasteiger charge is 2.12. The van der Waals surface area contributed by atoms with Crippen LogP contribution in [0, 0.1) is 0 Å². The van der Waals surface area contributed by atoms with Crippen molar-refractivity contribution in [2.75, 3.05) is 0 Å². The van der Waals surface area contributed by atoms with E-state index in [2.05, 4.69) is 10.1 Å². The number of alkyl halides is 1. The first-order valence-electron chi connectivity index (χ1n) is 5.41. The first-order valence-corrected chi connectivity index (χ1v) is 6.32. The fourth-order valence-electron chi connectivity index (χ4n) is 2.00. The number of nitrogens with zero attached hydrogens (tertiary/aromatic N) is 4. The van der Waals surface area contributed by atoms with E-state index >= 15 is 0 Å². The number of rotatable bonds is 2. The largest absolute Gasteiger partial charge is 0.292 e. The second kappa shape index (κ2) is 4.30. The topological polar surface area (TPSA) is 35.6 Å². The molecule has 0 bridgehead atoms. The van der Waals surface area contributed by atoms with Crippen LogP contribution in [-0.4, -0.2) is 19.3 Å². The van der Waals surface area contributed by atoms with Crippen molar-refractivity contribution in [2.24, 2.45) is 7.05 Å². The van der Waals surface area contributed by atoms with Crippen molar-refractivity contribution in [1.82, 2.24) is 19.3 Å². The lowest BCUT2D eigenvalue weighted by molar-refractivity contribution is 0.767. The van der Waals surface area contributed by atoms with E-state index in [1.807, 2.05) is 36.0 Å². The summed E-state index contributed by atoms with van der Waals surface area (Å²) < 4.78 is 3.74. The summed E-state index contributed by atoms with van der Waals surface area (Å²) in [5.74, 6) is 1.11. The molecule has 6 heteroatoms. The number of fused-ring (bicyclic) bond motifs is 1. The Bertz CT molecular complexity index is 714. The molecular formula is C12H10Cl2N4. The summed E-state index contributed by atoms with van der Waals surface area (Å²) >= 11 is 11.9. The van der Waals surface area contributed by atoms with Crippen LogP contribution >= 0.6 is 23.2 Å². The Kier molecular flexibility index (Phi) is 2.76. The van der Waals surface area contributed by atoms with Crippen molar-refractivity contribution in [1.29, 1.82) is 0 Å². The molecule has 4 nitrogen and oxygen atoms in total. The van der Waals surface area contributed by atoms with Gasteiger partial charge in [-0.15, -0.1) is 11.6 Å². The zero-order valence-electron chi connectivity index (χ0n) is 9.64. The third-order valence-corrected chi connectivity index (χ3v) is 3.23. The smallest absolute Gasteiger partial charge is 0.129 e. The van der Waals surface area contributed by atoms with E-state index in [4.69, 9.17) is 23.2 Å². The number of hydrogen-bond donors (Lipinski definition) is 0. The zero-order valence-corrected chi connectivity index (χ0v) is 11.2. The average Bonchev–Trinajstić information content (AvgIpc) is 2.91. The van der Waals surface area contributed by atoms with E-state index in [0.29, 0.717) is 10.9 Å². The first-order chi connectivity index (χ1) is 8.69. The molecule has 0 saturated heterocycles. The number of hydrogen-bond acceptors (Lipinski definition) is 2. The Morgan fingerprint density at radius 3 is 2.83 bits per heavy atom. The number of benzene rings is 1. The molecule has 0 aliphatic rings. The van der Waals surface area contributed by atoms with Gasteiger partial charge in [-0.2, -0.15) is 5.10 Å². The number of halogens is 2. The third kappa shape index (κ3) is 1.78. The predicted octanol–water partition coefficient (Wildman–Crippen LogP) is 3.15. The SMILES string of the molecule is Cn1cc(-n2c(CCl)nc3cc(Cl)ccc32)cn1. The normalized spacial score (nSPS) is 11.3. The molecule has 0 aliphatic carbocycles. The molecular weight excluding hydrogens is 271 g/mol. The van der Waals surface area contributed by atoms with E-state index in [1.54, 1.807) is 10.9 Å². The Labute approximate surface area is 114 Å². The van der Waals surface area contributed by atoms with E-state index in [9.17, 15) is 0 Å². The van der Waals surface area contributed by atoms with Gasteiger partial charge in [-0.25, -0.2) is 4.98 Å². The molecule has 0 aliphatic heterocycles. The van der Waals surface area contributed by atoms with Gasteiger partial charge in [0.05, 0.1) is 28.8 Å². The molecule has 0 saturated carbocycles. The van der Waals surface area contributed by atoms with Gasteiger partial charge >= 0.3 is 0 Å². The van der Waals surface area contributed by atoms with Crippen LogP contribution in [-0.2, 0) is 12.9 Å². The van der Waals surface area contributed by atoms with Crippen molar-refractivity contribution >= 4 is 34.2 Å². The molecule has 2 aromatic heterocycles. The molecule has 0 N–H and O–H groups in total. The van der Waals surface area contributed by atoms with Gasteiger partial charge in [-0.05, 0) is 18.2 Å². The molecule has 0 atom stereocenters. The monoisotopic (exact) mass is 280 g/mol. The van der Waals surface area contributed by atoms with Crippen LogP contribution in [0.2, 0.25) is 5.02 Å². The quantitative estimate of drug-likeness (QED) is 0.676. The van der Waals surface area contributed by atoms with E-state index in [-0.39, 0.29) is 0 Å². The van der Waals surface area contributed by atoms with Crippen LogP contribution < -0.4 is 0 Å². The first kappa shape index (κ1) is 11.6. The van der Waals surface area contributed by atoms with Crippen molar-refractivity contribution in [3.63, 3.8) is 0 Å². The van der Waals surface area contributed by atoms with Crippen LogP contribution in [0.25, 0.3) is 16.7 Å². The van der Waals surface area contributed by atoms with Crippen molar-refractivity contribution in [3.05, 3.63) is 41.4 Å². The summed E-state index contributed by atoms with van der Waals surface area (Å²) in [5, 5.41) is 4.84. The highest BCUT2D eigenvalue weighted by atomic mass is 35.5. The summed E-state index contributed by atoms with van der Waals surface area (Å²) in [6, 6.07) is 5.62. The lowest BCUT2D eigenvalue weighted by Gasteiger charge is -2.03. The van der Waals surface area contributed by atoms with Crippen molar-refractivity contribution in [3.8, 4) is 5.69 Å². The summed E-state index contributed by atoms with van der Waals surface area (Å²) in [7, 11) is 1.87. The van der Waals surface area contributed by atoms with Gasteiger partial charge in [0, 0.05) is 18.3 Å². The number of imidazole rings is 1. The molecule has 3 aromatic rings. The van der Waals surface area contributed by atoms with Gasteiger partial charge in [-0.1, -0.05) is 11.6 Å². The third-order valence-electron chi connectivity index (χ3n) is 2.75. The fourth-order valence-corrected chi connectivity index (χ4v) is 2.35. The minimum atomic E-state index is 0.335. The van der Waals surface area contributed by atoms with E-state index < -0.39 is 0 Å². The minimum Gasteiger partial charge on any atom is -0.292 e. The Balaban J connectivity index is 2.32. The highest BCUT2D eigenvalue weighted by Crippen LogP contribution is 2.24. The maximum Gasteiger partial charge on any atom is 0.129 e. The van der Waals surface area contributed by atoms with Gasteiger partial charge in [0.15, 0.2) is 0 Å². The maximum atomic E-state index is 5.97. The molecule has 0 fully saturated rings. The summed E-state index contributed by atoms with van der Waals surface area (Å²) in [5.41, 5.74) is 2.75. The predicted molar refractivity (Wildman–Crippen MR) is 72.4 cm³/mol. The van der Waals surface area contributed by atoms with Crippen LogP contribution in [0.5, 0.6) is 0 Å². The molecule has 0 unspecified atom stereocenters. The average molecular weight is 281 g/mol. The van der Waals surface area contributed by atoms with Gasteiger partial charge in [0.2, 0.25) is 0 Å². The summed E-state index contributed by atoms with van der Waals surface area (Å²) in [6.07, 6.45) is 3.71. The molecule has 0 radical (unpaired) electrons. The standard InChI is InChI=1S/C12H10Cl2N4/c1-17-7-9(6-15-17)18-11-3-2-8(14)4-10(11)16-12(18)5-13/h2-4,6-7H,5H2,1H3. The lowest BCUT2D eigenvalue weighted by atomic mass is 10.3. The molecule has 0 amide bonds. The number of aromatic nitrogens is 4. The highest BCUT2D eigenvalue weighted by molar-refractivity contribution is 6.31. The lowest BCUT2D eigenvalue weighted by Crippen LogP contribution is -1.97. The molecule has 3 rings (SSSR count). The second-order valence-corrected chi connectivity index (χ2v) is 4.71. The maximum absolute atomic E-state index is 5.97. The van der Waals surface area contributed by atoms with Crippen LogP contribution in [0.3, 0.4) is 0 Å². The Hall–Kier alpha value is -1.52. The van der Waals surface area contributed by atoms with Crippen LogP contribution in [0.1, 0.15) is 5.82 Å². The Morgan fingerprint density at radius 2 is 2.17 bits per heavy atom. The Morgan fingerprint density at radius 1 is 1.33 bits per heavy atom. The fraction of sp³-hybridized carbons (Fsp3) is 0.167. The van der Waals surface area contributed by atoms with E-state index in [0.717, 1.165) is 22.5 Å². The second-order valence-electron chi connectivity index (χ2n) is 4.00.